The normalized spacial score (nSPS) is 17.9. The second-order valence-electron chi connectivity index (χ2n) is 8.21. The molecule has 1 unspecified atom stereocenters. The molecule has 2 rings (SSSR count). The molecule has 1 fully saturated rings. The predicted molar refractivity (Wildman–Crippen MR) is 105 cm³/mol. The molecule has 0 bridgehead atoms. The molecule has 0 amide bonds. The molecule has 1 aliphatic carbocycles. The van der Waals surface area contributed by atoms with Gasteiger partial charge in [0.1, 0.15) is 11.0 Å². The molecule has 0 aromatic heterocycles. The van der Waals surface area contributed by atoms with Crippen LogP contribution in [-0.4, -0.2) is 10.3 Å². The molecule has 0 spiro atoms. The summed E-state index contributed by atoms with van der Waals surface area (Å²) in [5, 5.41) is 0. The summed E-state index contributed by atoms with van der Waals surface area (Å²) in [7, 11) is -1.12. The maximum atomic E-state index is 13.2. The first-order chi connectivity index (χ1) is 11.3. The highest BCUT2D eigenvalue weighted by atomic mass is 32.2. The summed E-state index contributed by atoms with van der Waals surface area (Å²) in [5.74, 6) is 1.26. The molecule has 136 valence electrons. The van der Waals surface area contributed by atoms with Crippen LogP contribution in [-0.2, 0) is 11.0 Å². The summed E-state index contributed by atoms with van der Waals surface area (Å²) in [4.78, 5) is 1.05. The zero-order chi connectivity index (χ0) is 17.9. The van der Waals surface area contributed by atoms with Gasteiger partial charge in [-0.1, -0.05) is 72.9 Å². The van der Waals surface area contributed by atoms with Crippen LogP contribution in [0.25, 0.3) is 0 Å². The van der Waals surface area contributed by atoms with Gasteiger partial charge < -0.3 is 0 Å². The highest BCUT2D eigenvalue weighted by Crippen LogP contribution is 2.34. The van der Waals surface area contributed by atoms with Gasteiger partial charge in [0.25, 0.3) is 0 Å². The third-order valence-electron chi connectivity index (χ3n) is 5.14. The van der Waals surface area contributed by atoms with Crippen LogP contribution in [0.15, 0.2) is 17.0 Å². The Bertz CT molecular complexity index is 542. The van der Waals surface area contributed by atoms with Gasteiger partial charge in [-0.25, -0.2) is 8.93 Å². The number of nitrogens with one attached hydrogen (secondary N) is 1. The number of rotatable bonds is 6. The van der Waals surface area contributed by atoms with Crippen molar-refractivity contribution in [3.8, 4) is 0 Å². The SMILES string of the molecule is CC(C)c1cc(C(C)C)c(S(=O)NC2CCCCC2)c(C(C)C)c1. The van der Waals surface area contributed by atoms with Crippen molar-refractivity contribution in [1.82, 2.24) is 4.72 Å². The lowest BCUT2D eigenvalue weighted by molar-refractivity contribution is 0.419. The topological polar surface area (TPSA) is 29.1 Å². The Morgan fingerprint density at radius 3 is 1.79 bits per heavy atom. The van der Waals surface area contributed by atoms with E-state index in [4.69, 9.17) is 0 Å². The highest BCUT2D eigenvalue weighted by molar-refractivity contribution is 7.83. The summed E-state index contributed by atoms with van der Waals surface area (Å²) < 4.78 is 16.7. The van der Waals surface area contributed by atoms with Crippen molar-refractivity contribution in [2.24, 2.45) is 0 Å². The van der Waals surface area contributed by atoms with Crippen LogP contribution >= 0.6 is 0 Å². The average molecular weight is 350 g/mol. The molecule has 0 saturated heterocycles. The Morgan fingerprint density at radius 2 is 1.38 bits per heavy atom. The Morgan fingerprint density at radius 1 is 0.875 bits per heavy atom. The van der Waals surface area contributed by atoms with Gasteiger partial charge in [-0.3, -0.25) is 0 Å². The summed E-state index contributed by atoms with van der Waals surface area (Å²) in [6.07, 6.45) is 6.15. The van der Waals surface area contributed by atoms with Gasteiger partial charge in [-0.2, -0.15) is 0 Å². The summed E-state index contributed by atoms with van der Waals surface area (Å²) >= 11 is 0. The van der Waals surface area contributed by atoms with Crippen LogP contribution in [0.3, 0.4) is 0 Å². The van der Waals surface area contributed by atoms with Crippen molar-refractivity contribution in [3.63, 3.8) is 0 Å². The summed E-state index contributed by atoms with van der Waals surface area (Å²) in [5.41, 5.74) is 3.87. The lowest BCUT2D eigenvalue weighted by atomic mass is 9.89. The van der Waals surface area contributed by atoms with Crippen LogP contribution in [0.2, 0.25) is 0 Å². The van der Waals surface area contributed by atoms with E-state index in [1.165, 1.54) is 36.0 Å². The van der Waals surface area contributed by atoms with E-state index in [0.717, 1.165) is 17.7 Å². The number of hydrogen-bond donors (Lipinski definition) is 1. The quantitative estimate of drug-likeness (QED) is 0.670. The Labute approximate surface area is 151 Å². The fourth-order valence-corrected chi connectivity index (χ4v) is 5.21. The molecule has 1 aliphatic rings. The minimum atomic E-state index is -1.12. The molecular weight excluding hydrogens is 314 g/mol. The lowest BCUT2D eigenvalue weighted by Crippen LogP contribution is -2.33. The van der Waals surface area contributed by atoms with E-state index in [1.54, 1.807) is 0 Å². The Kier molecular flexibility index (Phi) is 7.06. The highest BCUT2D eigenvalue weighted by Gasteiger charge is 2.24. The van der Waals surface area contributed by atoms with Crippen LogP contribution < -0.4 is 4.72 Å². The molecule has 1 saturated carbocycles. The standard InChI is InChI=1S/C21H35NOS/c1-14(2)17-12-19(15(3)4)21(20(13-17)16(5)6)24(23)22-18-10-8-7-9-11-18/h12-16,18,22H,7-11H2,1-6H3. The van der Waals surface area contributed by atoms with Crippen LogP contribution in [0.5, 0.6) is 0 Å². The zero-order valence-corrected chi connectivity index (χ0v) is 17.1. The molecule has 0 heterocycles. The smallest absolute Gasteiger partial charge is 0.125 e. The van der Waals surface area contributed by atoms with Crippen molar-refractivity contribution in [1.29, 1.82) is 0 Å². The second-order valence-corrected chi connectivity index (χ2v) is 9.40. The van der Waals surface area contributed by atoms with Gasteiger partial charge in [-0.05, 0) is 47.3 Å². The largest absolute Gasteiger partial charge is 0.237 e. The van der Waals surface area contributed by atoms with Crippen LogP contribution in [0.4, 0.5) is 0 Å². The summed E-state index contributed by atoms with van der Waals surface area (Å²) in [6.45, 7) is 13.3. The molecule has 3 heteroatoms. The third-order valence-corrected chi connectivity index (χ3v) is 6.53. The van der Waals surface area contributed by atoms with E-state index in [1.807, 2.05) is 0 Å². The number of benzene rings is 1. The Hall–Kier alpha value is -0.670. The van der Waals surface area contributed by atoms with E-state index in [-0.39, 0.29) is 0 Å². The van der Waals surface area contributed by atoms with Crippen molar-refractivity contribution in [2.45, 2.75) is 102 Å². The fourth-order valence-electron chi connectivity index (χ4n) is 3.53. The van der Waals surface area contributed by atoms with E-state index in [9.17, 15) is 4.21 Å². The minimum absolute atomic E-state index is 0.383. The molecule has 1 N–H and O–H groups in total. The molecule has 0 radical (unpaired) electrons. The first-order valence-electron chi connectivity index (χ1n) is 9.66. The average Bonchev–Trinajstić information content (AvgIpc) is 2.54. The summed E-state index contributed by atoms with van der Waals surface area (Å²) in [6, 6.07) is 4.98. The van der Waals surface area contributed by atoms with Crippen molar-refractivity contribution in [3.05, 3.63) is 28.8 Å². The molecule has 2 nitrogen and oxygen atoms in total. The monoisotopic (exact) mass is 349 g/mol. The maximum Gasteiger partial charge on any atom is 0.125 e. The van der Waals surface area contributed by atoms with Crippen LogP contribution in [0.1, 0.15) is 108 Å². The fraction of sp³-hybridized carbons (Fsp3) is 0.714. The third kappa shape index (κ3) is 4.70. The number of hydrogen-bond acceptors (Lipinski definition) is 1. The molecular formula is C21H35NOS. The Balaban J connectivity index is 2.43. The zero-order valence-electron chi connectivity index (χ0n) is 16.3. The van der Waals surface area contributed by atoms with Crippen molar-refractivity contribution in [2.75, 3.05) is 0 Å². The second kappa shape index (κ2) is 8.62. The predicted octanol–water partition coefficient (Wildman–Crippen LogP) is 6.00. The van der Waals surface area contributed by atoms with Gasteiger partial charge in [0.15, 0.2) is 0 Å². The van der Waals surface area contributed by atoms with Crippen molar-refractivity contribution < 1.29 is 4.21 Å². The van der Waals surface area contributed by atoms with Gasteiger partial charge in [0, 0.05) is 6.04 Å². The first-order valence-corrected chi connectivity index (χ1v) is 10.8. The van der Waals surface area contributed by atoms with Crippen LogP contribution in [0, 0.1) is 0 Å². The van der Waals surface area contributed by atoms with Gasteiger partial charge in [0.2, 0.25) is 0 Å². The maximum absolute atomic E-state index is 13.2. The van der Waals surface area contributed by atoms with Gasteiger partial charge in [0.05, 0.1) is 4.90 Å². The van der Waals surface area contributed by atoms with Gasteiger partial charge >= 0.3 is 0 Å². The first kappa shape index (κ1) is 19.7. The van der Waals surface area contributed by atoms with E-state index < -0.39 is 11.0 Å². The molecule has 24 heavy (non-hydrogen) atoms. The molecule has 1 atom stereocenters. The minimum Gasteiger partial charge on any atom is -0.237 e. The molecule has 1 aromatic rings. The van der Waals surface area contributed by atoms with E-state index in [0.29, 0.717) is 23.8 Å². The van der Waals surface area contributed by atoms with Crippen molar-refractivity contribution >= 4 is 11.0 Å². The van der Waals surface area contributed by atoms with Gasteiger partial charge in [-0.15, -0.1) is 0 Å². The van der Waals surface area contributed by atoms with E-state index >= 15 is 0 Å². The lowest BCUT2D eigenvalue weighted by Gasteiger charge is -2.26. The molecule has 0 aliphatic heterocycles. The van der Waals surface area contributed by atoms with E-state index in [2.05, 4.69) is 58.4 Å². The molecule has 1 aromatic carbocycles.